The summed E-state index contributed by atoms with van der Waals surface area (Å²) in [5.74, 6) is 1.41. The van der Waals surface area contributed by atoms with Crippen molar-refractivity contribution in [3.63, 3.8) is 0 Å². The SMILES string of the molecule is CN=C(NCc1ccnc(C)n1)NC(C)c1ccc(Cl)cc1Cl.I. The van der Waals surface area contributed by atoms with Crippen LogP contribution < -0.4 is 10.6 Å². The van der Waals surface area contributed by atoms with E-state index in [1.165, 1.54) is 0 Å². The van der Waals surface area contributed by atoms with Crippen LogP contribution in [0, 0.1) is 6.92 Å². The second kappa shape index (κ2) is 10.0. The third-order valence-electron chi connectivity index (χ3n) is 3.28. The highest BCUT2D eigenvalue weighted by molar-refractivity contribution is 14.0. The predicted octanol–water partition coefficient (Wildman–Crippen LogP) is 4.14. The highest BCUT2D eigenvalue weighted by atomic mass is 127. The molecule has 1 atom stereocenters. The van der Waals surface area contributed by atoms with Crippen LogP contribution in [0.4, 0.5) is 0 Å². The molecular weight excluding hydrogens is 460 g/mol. The molecule has 5 nitrogen and oxygen atoms in total. The van der Waals surface area contributed by atoms with E-state index in [0.717, 1.165) is 17.1 Å². The molecule has 2 aromatic rings. The van der Waals surface area contributed by atoms with E-state index in [4.69, 9.17) is 23.2 Å². The Balaban J connectivity index is 0.00000288. The molecule has 2 N–H and O–H groups in total. The molecule has 0 fully saturated rings. The fourth-order valence-corrected chi connectivity index (χ4v) is 2.68. The van der Waals surface area contributed by atoms with Crippen LogP contribution >= 0.6 is 47.2 Å². The molecular formula is C16H20Cl2IN5. The summed E-state index contributed by atoms with van der Waals surface area (Å²) in [6, 6.07) is 7.31. The van der Waals surface area contributed by atoms with E-state index >= 15 is 0 Å². The number of guanidine groups is 1. The van der Waals surface area contributed by atoms with Gasteiger partial charge >= 0.3 is 0 Å². The van der Waals surface area contributed by atoms with Gasteiger partial charge in [-0.1, -0.05) is 29.3 Å². The summed E-state index contributed by atoms with van der Waals surface area (Å²) in [6.45, 7) is 4.43. The summed E-state index contributed by atoms with van der Waals surface area (Å²) >= 11 is 12.2. The number of rotatable bonds is 4. The molecule has 1 heterocycles. The Morgan fingerprint density at radius 3 is 2.67 bits per heavy atom. The van der Waals surface area contributed by atoms with Gasteiger partial charge in [0.05, 0.1) is 18.3 Å². The predicted molar refractivity (Wildman–Crippen MR) is 110 cm³/mol. The van der Waals surface area contributed by atoms with Crippen LogP contribution in [0.3, 0.4) is 0 Å². The highest BCUT2D eigenvalue weighted by Crippen LogP contribution is 2.25. The fourth-order valence-electron chi connectivity index (χ4n) is 2.11. The lowest BCUT2D eigenvalue weighted by molar-refractivity contribution is 0.682. The molecule has 0 aliphatic rings. The van der Waals surface area contributed by atoms with E-state index in [2.05, 4.69) is 25.6 Å². The first kappa shape index (κ1) is 20.9. The number of benzene rings is 1. The van der Waals surface area contributed by atoms with Crippen molar-refractivity contribution in [1.82, 2.24) is 20.6 Å². The Bertz CT molecular complexity index is 709. The number of aliphatic imine (C=N–C) groups is 1. The maximum atomic E-state index is 6.24. The maximum Gasteiger partial charge on any atom is 0.191 e. The molecule has 1 unspecified atom stereocenters. The first-order valence-corrected chi connectivity index (χ1v) is 7.96. The van der Waals surface area contributed by atoms with Crippen LogP contribution in [-0.4, -0.2) is 23.0 Å². The summed E-state index contributed by atoms with van der Waals surface area (Å²) in [6.07, 6.45) is 1.74. The molecule has 1 aromatic heterocycles. The number of nitrogens with one attached hydrogen (secondary N) is 2. The summed E-state index contributed by atoms with van der Waals surface area (Å²) in [4.78, 5) is 12.7. The molecule has 24 heavy (non-hydrogen) atoms. The van der Waals surface area contributed by atoms with E-state index in [-0.39, 0.29) is 30.0 Å². The van der Waals surface area contributed by atoms with E-state index in [1.807, 2.05) is 32.0 Å². The first-order chi connectivity index (χ1) is 11.0. The Kier molecular flexibility index (Phi) is 8.72. The van der Waals surface area contributed by atoms with Gasteiger partial charge < -0.3 is 10.6 Å². The minimum Gasteiger partial charge on any atom is -0.351 e. The van der Waals surface area contributed by atoms with Crippen molar-refractivity contribution in [3.8, 4) is 0 Å². The van der Waals surface area contributed by atoms with Gasteiger partial charge in [-0.25, -0.2) is 9.97 Å². The zero-order valence-electron chi connectivity index (χ0n) is 13.7. The number of nitrogens with zero attached hydrogens (tertiary/aromatic N) is 3. The van der Waals surface area contributed by atoms with Crippen LogP contribution in [0.25, 0.3) is 0 Å². The zero-order valence-corrected chi connectivity index (χ0v) is 17.5. The molecule has 8 heteroatoms. The van der Waals surface area contributed by atoms with Gasteiger partial charge in [0.1, 0.15) is 5.82 Å². The average molecular weight is 480 g/mol. The topological polar surface area (TPSA) is 62.2 Å². The number of halogens is 3. The number of hydrogen-bond acceptors (Lipinski definition) is 3. The van der Waals surface area contributed by atoms with Gasteiger partial charge in [0.2, 0.25) is 0 Å². The second-order valence-electron chi connectivity index (χ2n) is 5.05. The number of aromatic nitrogens is 2. The van der Waals surface area contributed by atoms with Gasteiger partial charge in [-0.3, -0.25) is 4.99 Å². The summed E-state index contributed by atoms with van der Waals surface area (Å²) in [5, 5.41) is 7.76. The van der Waals surface area contributed by atoms with Gasteiger partial charge in [-0.15, -0.1) is 24.0 Å². The van der Waals surface area contributed by atoms with Crippen LogP contribution in [0.2, 0.25) is 10.0 Å². The van der Waals surface area contributed by atoms with Crippen molar-refractivity contribution >= 4 is 53.1 Å². The van der Waals surface area contributed by atoms with Gasteiger partial charge in [-0.05, 0) is 37.6 Å². The molecule has 130 valence electrons. The van der Waals surface area contributed by atoms with Crippen molar-refractivity contribution in [1.29, 1.82) is 0 Å². The normalized spacial score (nSPS) is 12.3. The molecule has 0 bridgehead atoms. The Labute approximate surface area is 169 Å². The van der Waals surface area contributed by atoms with Crippen LogP contribution in [0.1, 0.15) is 30.0 Å². The van der Waals surface area contributed by atoms with E-state index in [0.29, 0.717) is 22.5 Å². The Morgan fingerprint density at radius 1 is 1.29 bits per heavy atom. The summed E-state index contributed by atoms with van der Waals surface area (Å²) in [5.41, 5.74) is 1.86. The van der Waals surface area contributed by atoms with Gasteiger partial charge in [0.15, 0.2) is 5.96 Å². The van der Waals surface area contributed by atoms with Crippen LogP contribution in [0.15, 0.2) is 35.5 Å². The standard InChI is InChI=1S/C16H19Cl2N5.HI/c1-10(14-5-4-12(17)8-15(14)18)22-16(19-3)21-9-13-6-7-20-11(2)23-13;/h4-8,10H,9H2,1-3H3,(H2,19,21,22);1H. The molecule has 2 rings (SSSR count). The van der Waals surface area contributed by atoms with Crippen LogP contribution in [0.5, 0.6) is 0 Å². The molecule has 0 radical (unpaired) electrons. The Hall–Kier alpha value is -1.12. The van der Waals surface area contributed by atoms with Gasteiger partial charge in [0.25, 0.3) is 0 Å². The Morgan fingerprint density at radius 2 is 2.04 bits per heavy atom. The minimum atomic E-state index is -0.0156. The molecule has 0 saturated heterocycles. The molecule has 1 aromatic carbocycles. The van der Waals surface area contributed by atoms with Gasteiger partial charge in [-0.2, -0.15) is 0 Å². The lowest BCUT2D eigenvalue weighted by Gasteiger charge is -2.19. The lowest BCUT2D eigenvalue weighted by atomic mass is 10.1. The van der Waals surface area contributed by atoms with Crippen molar-refractivity contribution in [2.45, 2.75) is 26.4 Å². The molecule has 0 amide bonds. The summed E-state index contributed by atoms with van der Waals surface area (Å²) in [7, 11) is 1.72. The summed E-state index contributed by atoms with van der Waals surface area (Å²) < 4.78 is 0. The van der Waals surface area contributed by atoms with Crippen molar-refractivity contribution in [2.75, 3.05) is 7.05 Å². The monoisotopic (exact) mass is 479 g/mol. The van der Waals surface area contributed by atoms with Gasteiger partial charge in [0, 0.05) is 23.3 Å². The van der Waals surface area contributed by atoms with Crippen LogP contribution in [-0.2, 0) is 6.54 Å². The van der Waals surface area contributed by atoms with E-state index < -0.39 is 0 Å². The quantitative estimate of drug-likeness (QED) is 0.393. The third kappa shape index (κ3) is 6.07. The zero-order chi connectivity index (χ0) is 16.8. The molecule has 0 spiro atoms. The molecule has 0 aliphatic carbocycles. The fraction of sp³-hybridized carbons (Fsp3) is 0.312. The van der Waals surface area contributed by atoms with Crippen molar-refractivity contribution < 1.29 is 0 Å². The second-order valence-corrected chi connectivity index (χ2v) is 5.90. The smallest absolute Gasteiger partial charge is 0.191 e. The highest BCUT2D eigenvalue weighted by Gasteiger charge is 2.11. The largest absolute Gasteiger partial charge is 0.351 e. The third-order valence-corrected chi connectivity index (χ3v) is 3.84. The van der Waals surface area contributed by atoms with E-state index in [9.17, 15) is 0 Å². The lowest BCUT2D eigenvalue weighted by Crippen LogP contribution is -2.38. The van der Waals surface area contributed by atoms with Crippen molar-refractivity contribution in [3.05, 3.63) is 57.6 Å². The molecule has 0 saturated carbocycles. The average Bonchev–Trinajstić information content (AvgIpc) is 2.51. The first-order valence-electron chi connectivity index (χ1n) is 7.20. The maximum absolute atomic E-state index is 6.24. The minimum absolute atomic E-state index is 0. The number of hydrogen-bond donors (Lipinski definition) is 2. The number of aryl methyl sites for hydroxylation is 1. The van der Waals surface area contributed by atoms with E-state index in [1.54, 1.807) is 19.3 Å². The molecule has 0 aliphatic heterocycles. The van der Waals surface area contributed by atoms with Crippen molar-refractivity contribution in [2.24, 2.45) is 4.99 Å².